The first-order chi connectivity index (χ1) is 12.1. The highest BCUT2D eigenvalue weighted by molar-refractivity contribution is 6.34. The summed E-state index contributed by atoms with van der Waals surface area (Å²) in [6.07, 6.45) is 0.383. The van der Waals surface area contributed by atoms with Crippen LogP contribution in [0.25, 0.3) is 10.8 Å². The maximum Gasteiger partial charge on any atom is 0.294 e. The van der Waals surface area contributed by atoms with Crippen molar-refractivity contribution in [2.24, 2.45) is 0 Å². The lowest BCUT2D eigenvalue weighted by atomic mass is 10.1. The number of carbonyl (C=O) groups excluding carboxylic acids is 1. The number of amides is 1. The minimum atomic E-state index is -1.15. The Morgan fingerprint density at radius 1 is 1.20 bits per heavy atom. The Hall–Kier alpha value is -2.83. The zero-order valence-corrected chi connectivity index (χ0v) is 14.0. The number of carbonyl (C=O) groups is 1. The number of para-hydroxylation sites is 1. The molecule has 0 fully saturated rings. The molecule has 6 nitrogen and oxygen atoms in total. The van der Waals surface area contributed by atoms with Crippen LogP contribution in [0.2, 0.25) is 5.02 Å². The van der Waals surface area contributed by atoms with Crippen molar-refractivity contribution in [3.63, 3.8) is 0 Å². The Morgan fingerprint density at radius 3 is 2.68 bits per heavy atom. The Balaban J connectivity index is 1.83. The molecule has 1 aromatic heterocycles. The van der Waals surface area contributed by atoms with Crippen LogP contribution in [0.5, 0.6) is 5.75 Å². The molecule has 2 aromatic carbocycles. The normalized spacial score (nSPS) is 11.9. The van der Waals surface area contributed by atoms with E-state index in [9.17, 15) is 9.59 Å². The van der Waals surface area contributed by atoms with Gasteiger partial charge in [-0.3, -0.25) is 9.59 Å². The van der Waals surface area contributed by atoms with Gasteiger partial charge in [0.2, 0.25) is 0 Å². The van der Waals surface area contributed by atoms with E-state index in [1.807, 2.05) is 6.07 Å². The summed E-state index contributed by atoms with van der Waals surface area (Å²) in [7, 11) is 1.37. The van der Waals surface area contributed by atoms with Crippen LogP contribution in [0, 0.1) is 0 Å². The first-order valence-electron chi connectivity index (χ1n) is 7.45. The zero-order valence-electron chi connectivity index (χ0n) is 13.3. The summed E-state index contributed by atoms with van der Waals surface area (Å²) < 4.78 is 10.6. The summed E-state index contributed by atoms with van der Waals surface area (Å²) in [6.45, 7) is 0. The van der Waals surface area contributed by atoms with Gasteiger partial charge in [-0.2, -0.15) is 0 Å². The molecule has 7 heteroatoms. The predicted molar refractivity (Wildman–Crippen MR) is 96.1 cm³/mol. The molecule has 0 aliphatic rings. The van der Waals surface area contributed by atoms with Crippen LogP contribution in [0.3, 0.4) is 0 Å². The second-order valence-corrected chi connectivity index (χ2v) is 5.62. The fourth-order valence-electron chi connectivity index (χ4n) is 2.33. The van der Waals surface area contributed by atoms with Crippen molar-refractivity contribution in [2.45, 2.75) is 6.29 Å². The summed E-state index contributed by atoms with van der Waals surface area (Å²) in [4.78, 5) is 26.8. The van der Waals surface area contributed by atoms with Gasteiger partial charge in [-0.15, -0.1) is 0 Å². The molecular weight excluding hydrogens is 344 g/mol. The molecule has 128 valence electrons. The fraction of sp³-hybridized carbons (Fsp3) is 0.111. The van der Waals surface area contributed by atoms with Gasteiger partial charge in [0.1, 0.15) is 5.75 Å². The Kier molecular flexibility index (Phi) is 5.02. The second-order valence-electron chi connectivity index (χ2n) is 5.21. The van der Waals surface area contributed by atoms with E-state index < -0.39 is 12.2 Å². The van der Waals surface area contributed by atoms with Crippen LogP contribution in [0.4, 0.5) is 5.69 Å². The molecular formula is C18H15ClN2O4. The number of rotatable bonds is 5. The molecule has 3 aromatic rings. The van der Waals surface area contributed by atoms with E-state index >= 15 is 0 Å². The molecule has 1 amide bonds. The smallest absolute Gasteiger partial charge is 0.294 e. The minimum absolute atomic E-state index is 0.243. The first kappa shape index (κ1) is 17.0. The average molecular weight is 359 g/mol. The standard InChI is InChI=1S/C18H15ClN2O4/c1-24-18(25-12-5-3-2-4-6-12)17(23)21-15-9-11-7-8-20-16(22)13(11)10-14(15)19/h2-10,18H,1H3,(H,20,22)(H,21,23)/t18-/m1/s1. The van der Waals surface area contributed by atoms with Gasteiger partial charge in [-0.25, -0.2) is 0 Å². The Morgan fingerprint density at radius 2 is 1.96 bits per heavy atom. The topological polar surface area (TPSA) is 80.4 Å². The molecule has 3 rings (SSSR count). The monoisotopic (exact) mass is 358 g/mol. The molecule has 0 unspecified atom stereocenters. The Bertz CT molecular complexity index is 956. The lowest BCUT2D eigenvalue weighted by Crippen LogP contribution is -2.34. The minimum Gasteiger partial charge on any atom is -0.455 e. The number of H-pyrrole nitrogens is 1. The number of aromatic nitrogens is 1. The summed E-state index contributed by atoms with van der Waals surface area (Å²) in [5.41, 5.74) is 0.114. The molecule has 2 N–H and O–H groups in total. The van der Waals surface area contributed by atoms with E-state index in [-0.39, 0.29) is 10.6 Å². The first-order valence-corrected chi connectivity index (χ1v) is 7.82. The maximum absolute atomic E-state index is 12.4. The molecule has 0 aliphatic heterocycles. The number of methoxy groups -OCH3 is 1. The lowest BCUT2D eigenvalue weighted by molar-refractivity contribution is -0.142. The van der Waals surface area contributed by atoms with Crippen molar-refractivity contribution in [3.8, 4) is 5.75 Å². The number of hydrogen-bond donors (Lipinski definition) is 2. The van der Waals surface area contributed by atoms with Crippen LogP contribution in [0.15, 0.2) is 59.5 Å². The number of aromatic amines is 1. The summed E-state index contributed by atoms with van der Waals surface area (Å²) in [5, 5.41) is 4.00. The van der Waals surface area contributed by atoms with Crippen molar-refractivity contribution >= 4 is 34.0 Å². The molecule has 0 radical (unpaired) electrons. The molecule has 0 aliphatic carbocycles. The fourth-order valence-corrected chi connectivity index (χ4v) is 2.54. The van der Waals surface area contributed by atoms with Crippen molar-refractivity contribution in [1.29, 1.82) is 0 Å². The number of fused-ring (bicyclic) bond motifs is 1. The number of hydrogen-bond acceptors (Lipinski definition) is 4. The van der Waals surface area contributed by atoms with Gasteiger partial charge in [0.15, 0.2) is 0 Å². The number of halogens is 1. The lowest BCUT2D eigenvalue weighted by Gasteiger charge is -2.17. The predicted octanol–water partition coefficient (Wildman–Crippen LogP) is 3.17. The number of benzene rings is 2. The van der Waals surface area contributed by atoms with Crippen LogP contribution in [0.1, 0.15) is 0 Å². The molecule has 0 saturated carbocycles. The quantitative estimate of drug-likeness (QED) is 0.686. The molecule has 1 heterocycles. The van der Waals surface area contributed by atoms with Gasteiger partial charge >= 0.3 is 0 Å². The molecule has 0 saturated heterocycles. The van der Waals surface area contributed by atoms with Gasteiger partial charge < -0.3 is 19.8 Å². The molecule has 25 heavy (non-hydrogen) atoms. The highest BCUT2D eigenvalue weighted by atomic mass is 35.5. The largest absolute Gasteiger partial charge is 0.455 e. The van der Waals surface area contributed by atoms with Gasteiger partial charge in [-0.1, -0.05) is 29.8 Å². The van der Waals surface area contributed by atoms with Crippen molar-refractivity contribution in [2.75, 3.05) is 12.4 Å². The van der Waals surface area contributed by atoms with E-state index in [0.717, 1.165) is 0 Å². The SMILES string of the molecule is CO[C@H](Oc1ccccc1)C(=O)Nc1cc2cc[nH]c(=O)c2cc1Cl. The summed E-state index contributed by atoms with van der Waals surface area (Å²) >= 11 is 6.18. The molecule has 0 spiro atoms. The maximum atomic E-state index is 12.4. The highest BCUT2D eigenvalue weighted by Crippen LogP contribution is 2.26. The third kappa shape index (κ3) is 3.81. The van der Waals surface area contributed by atoms with Crippen molar-refractivity contribution < 1.29 is 14.3 Å². The van der Waals surface area contributed by atoms with Crippen LogP contribution in [-0.2, 0) is 9.53 Å². The van der Waals surface area contributed by atoms with E-state index in [0.29, 0.717) is 22.2 Å². The molecule has 0 bridgehead atoms. The van der Waals surface area contributed by atoms with E-state index in [4.69, 9.17) is 21.1 Å². The third-order valence-electron chi connectivity index (χ3n) is 3.53. The van der Waals surface area contributed by atoms with Crippen LogP contribution < -0.4 is 15.6 Å². The van der Waals surface area contributed by atoms with E-state index in [2.05, 4.69) is 10.3 Å². The van der Waals surface area contributed by atoms with Crippen LogP contribution >= 0.6 is 11.6 Å². The average Bonchev–Trinajstić information content (AvgIpc) is 2.62. The van der Waals surface area contributed by atoms with E-state index in [1.165, 1.54) is 19.4 Å². The van der Waals surface area contributed by atoms with E-state index in [1.54, 1.807) is 36.4 Å². The van der Waals surface area contributed by atoms with Gasteiger partial charge in [0, 0.05) is 18.7 Å². The second kappa shape index (κ2) is 7.38. The number of nitrogens with one attached hydrogen (secondary N) is 2. The number of pyridine rings is 1. The highest BCUT2D eigenvalue weighted by Gasteiger charge is 2.21. The number of anilines is 1. The van der Waals surface area contributed by atoms with Crippen molar-refractivity contribution in [1.82, 2.24) is 4.98 Å². The van der Waals surface area contributed by atoms with Gasteiger partial charge in [-0.05, 0) is 35.7 Å². The van der Waals surface area contributed by atoms with Gasteiger partial charge in [0.25, 0.3) is 17.8 Å². The third-order valence-corrected chi connectivity index (χ3v) is 3.85. The number of ether oxygens (including phenoxy) is 2. The Labute approximate surface area is 148 Å². The molecule has 1 atom stereocenters. The zero-order chi connectivity index (χ0) is 17.8. The summed E-state index contributed by atoms with van der Waals surface area (Å²) in [6, 6.07) is 13.7. The summed E-state index contributed by atoms with van der Waals surface area (Å²) in [5.74, 6) is -0.0157. The van der Waals surface area contributed by atoms with Crippen molar-refractivity contribution in [3.05, 3.63) is 70.1 Å². The van der Waals surface area contributed by atoms with Crippen LogP contribution in [-0.4, -0.2) is 24.3 Å². The van der Waals surface area contributed by atoms with Gasteiger partial charge in [0.05, 0.1) is 10.7 Å².